The van der Waals surface area contributed by atoms with Gasteiger partial charge in [0.05, 0.1) is 29.8 Å². The fraction of sp³-hybridized carbons (Fsp3) is 0.400. The van der Waals surface area contributed by atoms with Gasteiger partial charge in [0.1, 0.15) is 23.6 Å². The topological polar surface area (TPSA) is 156 Å². The summed E-state index contributed by atoms with van der Waals surface area (Å²) in [7, 11) is 1.54. The molecule has 0 saturated heterocycles. The van der Waals surface area contributed by atoms with Crippen LogP contribution in [-0.2, 0) is 6.42 Å². The molecule has 9 heteroatoms. The van der Waals surface area contributed by atoms with Crippen molar-refractivity contribution in [3.63, 3.8) is 0 Å². The predicted octanol–water partition coefficient (Wildman–Crippen LogP) is 5.14. The average molecular weight is 530 g/mol. The lowest BCUT2D eigenvalue weighted by Crippen LogP contribution is -2.23. The zero-order valence-corrected chi connectivity index (χ0v) is 23.2. The highest BCUT2D eigenvalue weighted by molar-refractivity contribution is 6.15. The molecule has 2 aromatic heterocycles. The quantitative estimate of drug-likeness (QED) is 0.217. The minimum atomic E-state index is -0.257. The Balaban J connectivity index is 1.60. The minimum Gasteiger partial charge on any atom is -0.495 e. The molecule has 0 saturated carbocycles. The van der Waals surface area contributed by atoms with Crippen molar-refractivity contribution < 1.29 is 9.53 Å². The number of hydrogen-bond acceptors (Lipinski definition) is 7. The van der Waals surface area contributed by atoms with Gasteiger partial charge in [0.15, 0.2) is 0 Å². The number of carbonyl (C=O) groups excluding carboxylic acids is 1. The fourth-order valence-electron chi connectivity index (χ4n) is 5.44. The van der Waals surface area contributed by atoms with Crippen molar-refractivity contribution in [1.82, 2.24) is 15.0 Å². The van der Waals surface area contributed by atoms with Crippen molar-refractivity contribution in [1.29, 1.82) is 5.41 Å². The number of H-pyrrole nitrogens is 1. The molecular formula is C30H39N7O2. The molecule has 39 heavy (non-hydrogen) atoms. The van der Waals surface area contributed by atoms with Crippen molar-refractivity contribution >= 4 is 29.2 Å². The van der Waals surface area contributed by atoms with Crippen molar-refractivity contribution in [2.75, 3.05) is 24.7 Å². The Morgan fingerprint density at radius 2 is 2.05 bits per heavy atom. The molecule has 0 fully saturated rings. The van der Waals surface area contributed by atoms with Gasteiger partial charge in [0.2, 0.25) is 0 Å². The number of fused-ring (bicyclic) bond motifs is 1. The average Bonchev–Trinajstić information content (AvgIpc) is 3.39. The summed E-state index contributed by atoms with van der Waals surface area (Å²) in [6.07, 6.45) is 9.39. The molecule has 206 valence electrons. The van der Waals surface area contributed by atoms with Crippen LogP contribution in [0.3, 0.4) is 0 Å². The molecule has 2 heterocycles. The maximum absolute atomic E-state index is 13.0. The van der Waals surface area contributed by atoms with Crippen LogP contribution >= 0.6 is 0 Å². The highest BCUT2D eigenvalue weighted by Crippen LogP contribution is 2.36. The van der Waals surface area contributed by atoms with E-state index in [-0.39, 0.29) is 23.4 Å². The van der Waals surface area contributed by atoms with Gasteiger partial charge in [-0.05, 0) is 61.4 Å². The lowest BCUT2D eigenvalue weighted by Gasteiger charge is -2.29. The molecular weight excluding hydrogens is 490 g/mol. The Morgan fingerprint density at radius 3 is 2.74 bits per heavy atom. The summed E-state index contributed by atoms with van der Waals surface area (Å²) in [5.41, 5.74) is 17.3. The maximum Gasteiger partial charge on any atom is 0.272 e. The van der Waals surface area contributed by atoms with Crippen LogP contribution in [0.25, 0.3) is 6.08 Å². The zero-order chi connectivity index (χ0) is 28.1. The molecule has 1 aliphatic carbocycles. The van der Waals surface area contributed by atoms with E-state index in [1.807, 2.05) is 12.1 Å². The van der Waals surface area contributed by atoms with Gasteiger partial charge in [0.25, 0.3) is 5.91 Å². The van der Waals surface area contributed by atoms with Gasteiger partial charge in [-0.3, -0.25) is 10.2 Å². The molecule has 0 spiro atoms. The third-order valence-electron chi connectivity index (χ3n) is 7.96. The molecule has 1 aliphatic rings. The highest BCUT2D eigenvalue weighted by atomic mass is 16.5. The van der Waals surface area contributed by atoms with Gasteiger partial charge in [-0.2, -0.15) is 0 Å². The van der Waals surface area contributed by atoms with E-state index in [2.05, 4.69) is 47.1 Å². The number of aryl methyl sites for hydroxylation is 1. The SMILES string of the molecule is CCC(CCN)C(C)C(C)c1ncnc(N)c1C(=N)c1ccc(NC(=O)c2cc3c([nH]2)CCC=C3)c(OC)c1. The standard InChI is InChI=1S/C30H39N7O2/c1-5-19(12-13-31)17(2)18(3)28-26(29(33)35-16-34-28)27(32)21-10-11-23(25(15-21)39-4)37-30(38)24-14-20-8-6-7-9-22(20)36-24/h6,8,10-11,14-19,32,36H,5,7,9,12-13,31H2,1-4H3,(H,37,38)(H2,33,34,35). The maximum atomic E-state index is 13.0. The normalized spacial score (nSPS) is 14.8. The van der Waals surface area contributed by atoms with Gasteiger partial charge in [0, 0.05) is 17.2 Å². The number of anilines is 2. The summed E-state index contributed by atoms with van der Waals surface area (Å²) >= 11 is 0. The lowest BCUT2D eigenvalue weighted by molar-refractivity contribution is 0.102. The number of methoxy groups -OCH3 is 1. The summed E-state index contributed by atoms with van der Waals surface area (Å²) < 4.78 is 5.60. The Bertz CT molecular complexity index is 1380. The molecule has 7 N–H and O–H groups in total. The number of nitrogens with two attached hydrogens (primary N) is 2. The number of aromatic nitrogens is 3. The summed E-state index contributed by atoms with van der Waals surface area (Å²) in [6.45, 7) is 7.14. The van der Waals surface area contributed by atoms with Gasteiger partial charge >= 0.3 is 0 Å². The first-order chi connectivity index (χ1) is 18.8. The molecule has 1 amide bonds. The summed E-state index contributed by atoms with van der Waals surface area (Å²) in [4.78, 5) is 25.0. The van der Waals surface area contributed by atoms with Crippen LogP contribution < -0.4 is 21.5 Å². The van der Waals surface area contributed by atoms with Crippen LogP contribution in [0.2, 0.25) is 0 Å². The summed E-state index contributed by atoms with van der Waals surface area (Å²) in [5, 5.41) is 12.0. The van der Waals surface area contributed by atoms with Crippen molar-refractivity contribution in [3.8, 4) is 5.75 Å². The van der Waals surface area contributed by atoms with Crippen LogP contribution in [0, 0.1) is 17.2 Å². The van der Waals surface area contributed by atoms with Crippen molar-refractivity contribution in [3.05, 3.63) is 70.4 Å². The molecule has 3 unspecified atom stereocenters. The molecule has 9 nitrogen and oxygen atoms in total. The number of benzene rings is 1. The first-order valence-electron chi connectivity index (χ1n) is 13.6. The third kappa shape index (κ3) is 5.88. The number of nitrogen functional groups attached to an aromatic ring is 1. The number of nitrogens with zero attached hydrogens (tertiary/aromatic N) is 2. The smallest absolute Gasteiger partial charge is 0.272 e. The highest BCUT2D eigenvalue weighted by Gasteiger charge is 2.28. The van der Waals surface area contributed by atoms with Crippen molar-refractivity contribution in [2.45, 2.75) is 52.4 Å². The fourth-order valence-corrected chi connectivity index (χ4v) is 5.44. The largest absolute Gasteiger partial charge is 0.495 e. The van der Waals surface area contributed by atoms with Crippen LogP contribution in [0.1, 0.15) is 84.5 Å². The Kier molecular flexibility index (Phi) is 8.81. The number of allylic oxidation sites excluding steroid dienone is 1. The van der Waals surface area contributed by atoms with Gasteiger partial charge in [-0.1, -0.05) is 45.4 Å². The molecule has 3 atom stereocenters. The van der Waals surface area contributed by atoms with E-state index in [0.29, 0.717) is 46.6 Å². The number of rotatable bonds is 11. The van der Waals surface area contributed by atoms with Gasteiger partial charge in [-0.15, -0.1) is 0 Å². The molecule has 0 bridgehead atoms. The van der Waals surface area contributed by atoms with E-state index in [0.717, 1.165) is 42.6 Å². The van der Waals surface area contributed by atoms with Crippen LogP contribution in [0.15, 0.2) is 36.7 Å². The number of ether oxygens (including phenoxy) is 1. The van der Waals surface area contributed by atoms with Crippen LogP contribution in [0.4, 0.5) is 11.5 Å². The first kappa shape index (κ1) is 28.0. The van der Waals surface area contributed by atoms with Gasteiger partial charge < -0.3 is 26.5 Å². The van der Waals surface area contributed by atoms with E-state index < -0.39 is 0 Å². The lowest BCUT2D eigenvalue weighted by atomic mass is 9.77. The van der Waals surface area contributed by atoms with E-state index in [1.54, 1.807) is 18.2 Å². The Morgan fingerprint density at radius 1 is 1.26 bits per heavy atom. The summed E-state index contributed by atoms with van der Waals surface area (Å²) in [5.74, 6) is 1.22. The third-order valence-corrected chi connectivity index (χ3v) is 7.96. The second-order valence-electron chi connectivity index (χ2n) is 10.2. The van der Waals surface area contributed by atoms with Gasteiger partial charge in [-0.25, -0.2) is 9.97 Å². The first-order valence-corrected chi connectivity index (χ1v) is 13.6. The zero-order valence-electron chi connectivity index (χ0n) is 23.2. The van der Waals surface area contributed by atoms with E-state index in [4.69, 9.17) is 21.6 Å². The molecule has 0 radical (unpaired) electrons. The second-order valence-corrected chi connectivity index (χ2v) is 10.2. The molecule has 1 aromatic carbocycles. The summed E-state index contributed by atoms with van der Waals surface area (Å²) in [6, 6.07) is 7.10. The van der Waals surface area contributed by atoms with Crippen LogP contribution in [0.5, 0.6) is 5.75 Å². The monoisotopic (exact) mass is 529 g/mol. The van der Waals surface area contributed by atoms with E-state index in [1.165, 1.54) is 13.4 Å². The molecule has 4 rings (SSSR count). The van der Waals surface area contributed by atoms with Crippen LogP contribution in [-0.4, -0.2) is 40.2 Å². The number of amides is 1. The predicted molar refractivity (Wildman–Crippen MR) is 157 cm³/mol. The number of nitrogens with one attached hydrogen (secondary N) is 3. The molecule has 0 aliphatic heterocycles. The Hall–Kier alpha value is -3.98. The minimum absolute atomic E-state index is 0.0454. The van der Waals surface area contributed by atoms with E-state index >= 15 is 0 Å². The van der Waals surface area contributed by atoms with E-state index in [9.17, 15) is 4.79 Å². The number of carbonyl (C=O) groups is 1. The Labute approximate surface area is 230 Å². The molecule has 3 aromatic rings. The second kappa shape index (κ2) is 12.3. The number of aromatic amines is 1. The van der Waals surface area contributed by atoms with Crippen molar-refractivity contribution in [2.24, 2.45) is 17.6 Å². The number of hydrogen-bond donors (Lipinski definition) is 5.